The largest absolute Gasteiger partial charge is 0.486 e. The average molecular weight is 372 g/mol. The van der Waals surface area contributed by atoms with Crippen molar-refractivity contribution in [2.75, 3.05) is 13.2 Å². The summed E-state index contributed by atoms with van der Waals surface area (Å²) in [6, 6.07) is 7.25. The molecule has 0 amide bonds. The number of carbonyl (C=O) groups is 1. The van der Waals surface area contributed by atoms with Crippen molar-refractivity contribution in [1.29, 1.82) is 0 Å². The van der Waals surface area contributed by atoms with Crippen molar-refractivity contribution in [3.05, 3.63) is 56.8 Å². The minimum absolute atomic E-state index is 0.0447. The van der Waals surface area contributed by atoms with Crippen LogP contribution in [0.1, 0.15) is 15.9 Å². The lowest BCUT2D eigenvalue weighted by molar-refractivity contribution is 0.103. The third-order valence-electron chi connectivity index (χ3n) is 3.05. The number of rotatable bonds is 2. The van der Waals surface area contributed by atoms with Gasteiger partial charge >= 0.3 is 0 Å². The molecule has 108 valence electrons. The van der Waals surface area contributed by atoms with Gasteiger partial charge in [0.05, 0.1) is 10.6 Å². The Morgan fingerprint density at radius 1 is 1.10 bits per heavy atom. The third kappa shape index (κ3) is 2.76. The summed E-state index contributed by atoms with van der Waals surface area (Å²) >= 11 is 9.25. The Morgan fingerprint density at radius 2 is 1.76 bits per heavy atom. The zero-order chi connectivity index (χ0) is 15.0. The second-order valence-corrected chi connectivity index (χ2v) is 5.75. The molecule has 0 N–H and O–H groups in total. The van der Waals surface area contributed by atoms with Gasteiger partial charge in [-0.2, -0.15) is 0 Å². The molecule has 0 aromatic heterocycles. The molecule has 0 fully saturated rings. The molecule has 21 heavy (non-hydrogen) atoms. The Balaban J connectivity index is 2.05. The van der Waals surface area contributed by atoms with Crippen LogP contribution in [0.15, 0.2) is 34.8 Å². The van der Waals surface area contributed by atoms with Gasteiger partial charge in [-0.05, 0) is 24.3 Å². The number of benzene rings is 2. The molecule has 3 rings (SSSR count). The second kappa shape index (κ2) is 5.66. The molecule has 2 aromatic carbocycles. The standard InChI is InChI=1S/C15H9BrClFO3/c16-8-1-2-9(12(18)5-8)15(19)10-6-13-14(7-11(10)17)21-4-3-20-13/h1-2,5-7H,3-4H2. The predicted molar refractivity (Wildman–Crippen MR) is 80.0 cm³/mol. The van der Waals surface area contributed by atoms with Gasteiger partial charge in [0.1, 0.15) is 19.0 Å². The molecule has 0 saturated heterocycles. The fourth-order valence-corrected chi connectivity index (χ4v) is 2.63. The van der Waals surface area contributed by atoms with E-state index >= 15 is 0 Å². The maximum absolute atomic E-state index is 13.9. The number of hydrogen-bond donors (Lipinski definition) is 0. The van der Waals surface area contributed by atoms with Crippen molar-refractivity contribution in [2.24, 2.45) is 0 Å². The van der Waals surface area contributed by atoms with E-state index in [9.17, 15) is 9.18 Å². The molecule has 0 saturated carbocycles. The molecule has 6 heteroatoms. The summed E-state index contributed by atoms with van der Waals surface area (Å²) in [6.07, 6.45) is 0. The summed E-state index contributed by atoms with van der Waals surface area (Å²) < 4.78 is 25.3. The fourth-order valence-electron chi connectivity index (χ4n) is 2.06. The summed E-state index contributed by atoms with van der Waals surface area (Å²) in [4.78, 5) is 12.4. The number of carbonyl (C=O) groups excluding carboxylic acids is 1. The van der Waals surface area contributed by atoms with Gasteiger partial charge in [-0.25, -0.2) is 4.39 Å². The van der Waals surface area contributed by atoms with Gasteiger partial charge in [-0.3, -0.25) is 4.79 Å². The lowest BCUT2D eigenvalue weighted by Gasteiger charge is -2.19. The van der Waals surface area contributed by atoms with Crippen LogP contribution in [0.25, 0.3) is 0 Å². The van der Waals surface area contributed by atoms with Crippen LogP contribution in [0.2, 0.25) is 5.02 Å². The predicted octanol–water partition coefficient (Wildman–Crippen LogP) is 4.24. The summed E-state index contributed by atoms with van der Waals surface area (Å²) in [5, 5.41) is 0.201. The number of hydrogen-bond acceptors (Lipinski definition) is 3. The first-order valence-electron chi connectivity index (χ1n) is 6.15. The highest BCUT2D eigenvalue weighted by atomic mass is 79.9. The lowest BCUT2D eigenvalue weighted by Crippen LogP contribution is -2.16. The van der Waals surface area contributed by atoms with Gasteiger partial charge in [0, 0.05) is 16.1 Å². The van der Waals surface area contributed by atoms with Crippen molar-refractivity contribution in [1.82, 2.24) is 0 Å². The van der Waals surface area contributed by atoms with Crippen molar-refractivity contribution in [3.8, 4) is 11.5 Å². The number of ether oxygens (including phenoxy) is 2. The van der Waals surface area contributed by atoms with Crippen LogP contribution < -0.4 is 9.47 Å². The number of halogens is 3. The normalized spacial score (nSPS) is 13.1. The monoisotopic (exact) mass is 370 g/mol. The molecule has 0 bridgehead atoms. The van der Waals surface area contributed by atoms with Crippen LogP contribution in [-0.4, -0.2) is 19.0 Å². The maximum atomic E-state index is 13.9. The van der Waals surface area contributed by atoms with Gasteiger partial charge in [0.15, 0.2) is 17.3 Å². The zero-order valence-corrected chi connectivity index (χ0v) is 13.0. The van der Waals surface area contributed by atoms with Crippen LogP contribution >= 0.6 is 27.5 Å². The maximum Gasteiger partial charge on any atom is 0.197 e. The SMILES string of the molecule is O=C(c1ccc(Br)cc1F)c1cc2c(cc1Cl)OCCO2. The fraction of sp³-hybridized carbons (Fsp3) is 0.133. The molecule has 1 heterocycles. The second-order valence-electron chi connectivity index (χ2n) is 4.43. The third-order valence-corrected chi connectivity index (χ3v) is 3.86. The molecular weight excluding hydrogens is 363 g/mol. The van der Waals surface area contributed by atoms with Crippen molar-refractivity contribution in [2.45, 2.75) is 0 Å². The van der Waals surface area contributed by atoms with Crippen molar-refractivity contribution in [3.63, 3.8) is 0 Å². The Hall–Kier alpha value is -1.59. The molecule has 2 aromatic rings. The van der Waals surface area contributed by atoms with E-state index in [0.29, 0.717) is 29.2 Å². The molecule has 0 radical (unpaired) electrons. The smallest absolute Gasteiger partial charge is 0.197 e. The molecule has 3 nitrogen and oxygen atoms in total. The molecule has 1 aliphatic heterocycles. The molecule has 1 aliphatic rings. The number of ketones is 1. The van der Waals surface area contributed by atoms with Crippen molar-refractivity contribution < 1.29 is 18.7 Å². The topological polar surface area (TPSA) is 35.5 Å². The van der Waals surface area contributed by atoms with E-state index in [1.165, 1.54) is 24.3 Å². The Morgan fingerprint density at radius 3 is 2.43 bits per heavy atom. The average Bonchev–Trinajstić information content (AvgIpc) is 2.46. The Kier molecular flexibility index (Phi) is 3.87. The lowest BCUT2D eigenvalue weighted by atomic mass is 10.0. The Bertz CT molecular complexity index is 733. The van der Waals surface area contributed by atoms with Gasteiger partial charge < -0.3 is 9.47 Å². The molecule has 0 aliphatic carbocycles. The van der Waals surface area contributed by atoms with Crippen molar-refractivity contribution >= 4 is 33.3 Å². The molecule has 0 atom stereocenters. The van der Waals surface area contributed by atoms with Crippen LogP contribution in [-0.2, 0) is 0 Å². The van der Waals surface area contributed by atoms with E-state index in [0.717, 1.165) is 0 Å². The first kappa shape index (κ1) is 14.4. The summed E-state index contributed by atoms with van der Waals surface area (Å²) in [6.45, 7) is 0.826. The first-order valence-corrected chi connectivity index (χ1v) is 7.32. The minimum Gasteiger partial charge on any atom is -0.486 e. The summed E-state index contributed by atoms with van der Waals surface area (Å²) in [5.74, 6) is -0.187. The van der Waals surface area contributed by atoms with E-state index in [1.54, 1.807) is 6.07 Å². The first-order chi connectivity index (χ1) is 10.1. The highest BCUT2D eigenvalue weighted by Gasteiger charge is 2.21. The molecule has 0 spiro atoms. The van der Waals surface area contributed by atoms with Gasteiger partial charge in [0.2, 0.25) is 0 Å². The molecular formula is C15H9BrClFO3. The highest BCUT2D eigenvalue weighted by Crippen LogP contribution is 2.36. The zero-order valence-electron chi connectivity index (χ0n) is 10.7. The van der Waals surface area contributed by atoms with Crippen LogP contribution in [0.3, 0.4) is 0 Å². The van der Waals surface area contributed by atoms with E-state index in [1.807, 2.05) is 0 Å². The summed E-state index contributed by atoms with van der Waals surface area (Å²) in [7, 11) is 0. The van der Waals surface area contributed by atoms with Gasteiger partial charge in [0.25, 0.3) is 0 Å². The quantitative estimate of drug-likeness (QED) is 0.741. The minimum atomic E-state index is -0.611. The van der Waals surface area contributed by atoms with E-state index in [2.05, 4.69) is 15.9 Å². The van der Waals surface area contributed by atoms with E-state index in [-0.39, 0.29) is 16.1 Å². The van der Waals surface area contributed by atoms with Gasteiger partial charge in [-0.15, -0.1) is 0 Å². The van der Waals surface area contributed by atoms with Crippen LogP contribution in [0, 0.1) is 5.82 Å². The Labute approximate surface area is 133 Å². The molecule has 0 unspecified atom stereocenters. The highest BCUT2D eigenvalue weighted by molar-refractivity contribution is 9.10. The van der Waals surface area contributed by atoms with Gasteiger partial charge in [-0.1, -0.05) is 27.5 Å². The number of fused-ring (bicyclic) bond motifs is 1. The van der Waals surface area contributed by atoms with E-state index < -0.39 is 11.6 Å². The van der Waals surface area contributed by atoms with Crippen LogP contribution in [0.4, 0.5) is 4.39 Å². The van der Waals surface area contributed by atoms with Crippen LogP contribution in [0.5, 0.6) is 11.5 Å². The summed E-state index contributed by atoms with van der Waals surface area (Å²) in [5.41, 5.74) is 0.138. The van der Waals surface area contributed by atoms with E-state index in [4.69, 9.17) is 21.1 Å².